The third kappa shape index (κ3) is 4.70. The van der Waals surface area contributed by atoms with Gasteiger partial charge in [-0.1, -0.05) is 6.07 Å². The molecule has 7 heteroatoms. The van der Waals surface area contributed by atoms with Crippen molar-refractivity contribution in [3.63, 3.8) is 0 Å². The van der Waals surface area contributed by atoms with Gasteiger partial charge in [-0.05, 0) is 25.0 Å². The van der Waals surface area contributed by atoms with Crippen LogP contribution < -0.4 is 0 Å². The summed E-state index contributed by atoms with van der Waals surface area (Å²) in [6.07, 6.45) is -2.16. The zero-order chi connectivity index (χ0) is 13.6. The first-order valence-corrected chi connectivity index (χ1v) is 5.24. The number of nitrogens with zero attached hydrogens (tertiary/aromatic N) is 1. The number of hydrogen-bond acceptors (Lipinski definition) is 3. The Kier molecular flexibility index (Phi) is 5.08. The average molecular weight is 263 g/mol. The molecule has 100 valence electrons. The van der Waals surface area contributed by atoms with Crippen molar-refractivity contribution in [2.75, 3.05) is 6.61 Å². The molecular weight excluding hydrogens is 251 g/mol. The Hall–Kier alpha value is -1.63. The van der Waals surface area contributed by atoms with Crippen LogP contribution in [0.3, 0.4) is 0 Å². The van der Waals surface area contributed by atoms with Crippen LogP contribution in [0.4, 0.5) is 13.2 Å². The average Bonchev–Trinajstić information content (AvgIpc) is 2.83. The molecule has 0 radical (unpaired) electrons. The normalized spacial score (nSPS) is 18.9. The molecule has 1 aromatic heterocycles. The van der Waals surface area contributed by atoms with Crippen molar-refractivity contribution >= 4 is 5.97 Å². The van der Waals surface area contributed by atoms with Gasteiger partial charge in [0.2, 0.25) is 0 Å². The maximum atomic E-state index is 11.7. The van der Waals surface area contributed by atoms with Crippen LogP contribution in [0, 0.1) is 0 Å². The van der Waals surface area contributed by atoms with Crippen molar-refractivity contribution in [1.82, 2.24) is 4.98 Å². The summed E-state index contributed by atoms with van der Waals surface area (Å²) in [5.41, 5.74) is -0.852. The Labute approximate surface area is 101 Å². The molecule has 0 aromatic carbocycles. The standard InChI is InChI=1S/C6H4F3N.C5H8O3/c7-6(8,9)5-3-1-2-4-10-5;6-5(7)4-2-1-3-8-4/h1-4H;4H,1-3H2,(H,6,7). The van der Waals surface area contributed by atoms with E-state index in [2.05, 4.69) is 4.98 Å². The minimum Gasteiger partial charge on any atom is -0.479 e. The number of carboxylic acid groups (broad SMARTS) is 1. The van der Waals surface area contributed by atoms with Gasteiger partial charge < -0.3 is 9.84 Å². The van der Waals surface area contributed by atoms with E-state index in [1.165, 1.54) is 12.1 Å². The molecule has 0 bridgehead atoms. The first-order valence-electron chi connectivity index (χ1n) is 5.24. The topological polar surface area (TPSA) is 59.4 Å². The van der Waals surface area contributed by atoms with Crippen LogP contribution in [0.15, 0.2) is 24.4 Å². The van der Waals surface area contributed by atoms with E-state index in [1.54, 1.807) is 0 Å². The summed E-state index contributed by atoms with van der Waals surface area (Å²) in [6, 6.07) is 3.67. The van der Waals surface area contributed by atoms with Gasteiger partial charge in [0.15, 0.2) is 6.10 Å². The fourth-order valence-electron chi connectivity index (χ4n) is 1.30. The quantitative estimate of drug-likeness (QED) is 0.844. The first kappa shape index (κ1) is 14.4. The lowest BCUT2D eigenvalue weighted by atomic mass is 10.2. The Balaban J connectivity index is 0.000000184. The van der Waals surface area contributed by atoms with Crippen molar-refractivity contribution in [3.05, 3.63) is 30.1 Å². The second-order valence-corrected chi connectivity index (χ2v) is 3.55. The van der Waals surface area contributed by atoms with E-state index >= 15 is 0 Å². The highest BCUT2D eigenvalue weighted by atomic mass is 19.4. The van der Waals surface area contributed by atoms with Gasteiger partial charge in [-0.15, -0.1) is 0 Å². The van der Waals surface area contributed by atoms with Gasteiger partial charge in [0.05, 0.1) is 0 Å². The van der Waals surface area contributed by atoms with E-state index in [1.807, 2.05) is 0 Å². The molecule has 0 amide bonds. The summed E-state index contributed by atoms with van der Waals surface area (Å²) in [4.78, 5) is 13.2. The van der Waals surface area contributed by atoms with Gasteiger partial charge in [-0.2, -0.15) is 13.2 Å². The Morgan fingerprint density at radius 1 is 1.44 bits per heavy atom. The molecule has 4 nitrogen and oxygen atoms in total. The summed E-state index contributed by atoms with van der Waals surface area (Å²) in [5.74, 6) is -0.831. The fourth-order valence-corrected chi connectivity index (χ4v) is 1.30. The van der Waals surface area contributed by atoms with Gasteiger partial charge >= 0.3 is 12.1 Å². The predicted octanol–water partition coefficient (Wildman–Crippen LogP) is 2.35. The molecule has 1 aliphatic heterocycles. The molecule has 1 aromatic rings. The van der Waals surface area contributed by atoms with Crippen molar-refractivity contribution < 1.29 is 27.8 Å². The molecule has 18 heavy (non-hydrogen) atoms. The Morgan fingerprint density at radius 3 is 2.44 bits per heavy atom. The van der Waals surface area contributed by atoms with Gasteiger partial charge in [-0.3, -0.25) is 4.98 Å². The molecule has 0 saturated carbocycles. The van der Waals surface area contributed by atoms with E-state index in [9.17, 15) is 18.0 Å². The van der Waals surface area contributed by atoms with Crippen molar-refractivity contribution in [3.8, 4) is 0 Å². The number of rotatable bonds is 1. The van der Waals surface area contributed by atoms with Crippen LogP contribution in [0.1, 0.15) is 18.5 Å². The Bertz CT molecular complexity index is 375. The van der Waals surface area contributed by atoms with E-state index in [-0.39, 0.29) is 0 Å². The third-order valence-electron chi connectivity index (χ3n) is 2.16. The van der Waals surface area contributed by atoms with Gasteiger partial charge in [-0.25, -0.2) is 4.79 Å². The number of pyridine rings is 1. The molecule has 1 saturated heterocycles. The lowest BCUT2D eigenvalue weighted by Gasteiger charge is -2.02. The van der Waals surface area contributed by atoms with E-state index < -0.39 is 23.9 Å². The number of ether oxygens (including phenoxy) is 1. The van der Waals surface area contributed by atoms with Crippen LogP contribution in [-0.2, 0) is 15.7 Å². The van der Waals surface area contributed by atoms with Crippen molar-refractivity contribution in [2.45, 2.75) is 25.1 Å². The molecule has 1 aliphatic rings. The molecule has 0 aliphatic carbocycles. The SMILES string of the molecule is FC(F)(F)c1ccccn1.O=C(O)C1CCCO1. The molecular formula is C11H12F3NO3. The smallest absolute Gasteiger partial charge is 0.433 e. The van der Waals surface area contributed by atoms with Crippen molar-refractivity contribution in [2.24, 2.45) is 0 Å². The van der Waals surface area contributed by atoms with E-state index in [0.717, 1.165) is 18.7 Å². The molecule has 1 atom stereocenters. The highest BCUT2D eigenvalue weighted by Gasteiger charge is 2.31. The van der Waals surface area contributed by atoms with Crippen LogP contribution in [0.5, 0.6) is 0 Å². The van der Waals surface area contributed by atoms with Crippen LogP contribution in [0.2, 0.25) is 0 Å². The summed E-state index contributed by atoms with van der Waals surface area (Å²) >= 11 is 0. The summed E-state index contributed by atoms with van der Waals surface area (Å²) in [6.45, 7) is 0.608. The minimum atomic E-state index is -4.32. The molecule has 2 rings (SSSR count). The second-order valence-electron chi connectivity index (χ2n) is 3.55. The first-order chi connectivity index (χ1) is 8.41. The third-order valence-corrected chi connectivity index (χ3v) is 2.16. The lowest BCUT2D eigenvalue weighted by molar-refractivity contribution is -0.147. The van der Waals surface area contributed by atoms with Crippen molar-refractivity contribution in [1.29, 1.82) is 0 Å². The Morgan fingerprint density at radius 2 is 2.17 bits per heavy atom. The number of halogens is 3. The number of carboxylic acids is 1. The molecule has 1 unspecified atom stereocenters. The number of aromatic nitrogens is 1. The maximum Gasteiger partial charge on any atom is 0.433 e. The summed E-state index contributed by atoms with van der Waals surface area (Å²) < 4.78 is 40.0. The summed E-state index contributed by atoms with van der Waals surface area (Å²) in [5, 5.41) is 8.29. The largest absolute Gasteiger partial charge is 0.479 e. The van der Waals surface area contributed by atoms with Gasteiger partial charge in [0, 0.05) is 12.8 Å². The molecule has 0 spiro atoms. The number of alkyl halides is 3. The van der Waals surface area contributed by atoms with E-state index in [0.29, 0.717) is 13.0 Å². The number of carbonyl (C=O) groups is 1. The second kappa shape index (κ2) is 6.34. The zero-order valence-electron chi connectivity index (χ0n) is 9.35. The molecule has 2 heterocycles. The lowest BCUT2D eigenvalue weighted by Crippen LogP contribution is -2.17. The van der Waals surface area contributed by atoms with Crippen LogP contribution in [-0.4, -0.2) is 28.8 Å². The highest BCUT2D eigenvalue weighted by molar-refractivity contribution is 5.72. The molecule has 1 N–H and O–H groups in total. The monoisotopic (exact) mass is 263 g/mol. The van der Waals surface area contributed by atoms with Crippen LogP contribution in [0.25, 0.3) is 0 Å². The zero-order valence-corrected chi connectivity index (χ0v) is 9.35. The minimum absolute atomic E-state index is 0.519. The maximum absolute atomic E-state index is 11.7. The van der Waals surface area contributed by atoms with Gasteiger partial charge in [0.25, 0.3) is 0 Å². The number of aliphatic carboxylic acids is 1. The summed E-state index contributed by atoms with van der Waals surface area (Å²) in [7, 11) is 0. The van der Waals surface area contributed by atoms with E-state index in [4.69, 9.17) is 9.84 Å². The number of hydrogen-bond donors (Lipinski definition) is 1. The highest BCUT2D eigenvalue weighted by Crippen LogP contribution is 2.26. The predicted molar refractivity (Wildman–Crippen MR) is 55.8 cm³/mol. The van der Waals surface area contributed by atoms with Gasteiger partial charge in [0.1, 0.15) is 5.69 Å². The molecule has 1 fully saturated rings. The fraction of sp³-hybridized carbons (Fsp3) is 0.455. The van der Waals surface area contributed by atoms with Crippen LogP contribution >= 0.6 is 0 Å².